The minimum Gasteiger partial charge on any atom is -0.395 e. The van der Waals surface area contributed by atoms with Gasteiger partial charge in [-0.3, -0.25) is 0 Å². The van der Waals surface area contributed by atoms with Gasteiger partial charge in [0.2, 0.25) is 0 Å². The highest BCUT2D eigenvalue weighted by Crippen LogP contribution is 2.28. The van der Waals surface area contributed by atoms with Gasteiger partial charge in [-0.2, -0.15) is 0 Å². The van der Waals surface area contributed by atoms with Gasteiger partial charge in [-0.15, -0.1) is 12.4 Å². The van der Waals surface area contributed by atoms with Crippen LogP contribution in [0.3, 0.4) is 0 Å². The van der Waals surface area contributed by atoms with Crippen molar-refractivity contribution >= 4 is 12.4 Å². The number of hydrogen-bond donors (Lipinski definition) is 2. The van der Waals surface area contributed by atoms with Crippen LogP contribution in [0.25, 0.3) is 0 Å². The van der Waals surface area contributed by atoms with Crippen LogP contribution < -0.4 is 5.73 Å². The molecule has 0 radical (unpaired) electrons. The summed E-state index contributed by atoms with van der Waals surface area (Å²) in [5, 5.41) is 8.55. The molecule has 56 valence electrons. The van der Waals surface area contributed by atoms with E-state index >= 15 is 0 Å². The number of rotatable bonds is 2. The Bertz CT molecular complexity index is 72.7. The van der Waals surface area contributed by atoms with Crippen LogP contribution in [0, 0.1) is 5.92 Å². The molecule has 2 nitrogen and oxygen atoms in total. The highest BCUT2D eigenvalue weighted by Gasteiger charge is 2.23. The number of halogens is 1. The van der Waals surface area contributed by atoms with Crippen molar-refractivity contribution in [1.82, 2.24) is 0 Å². The highest BCUT2D eigenvalue weighted by atomic mass is 35.5. The van der Waals surface area contributed by atoms with Crippen LogP contribution in [0.1, 0.15) is 19.3 Å². The Balaban J connectivity index is 0.000000640. The molecule has 0 aromatic rings. The Hall–Kier alpha value is 0.210. The van der Waals surface area contributed by atoms with Gasteiger partial charge in [0.1, 0.15) is 0 Å². The van der Waals surface area contributed by atoms with E-state index in [-0.39, 0.29) is 25.1 Å². The molecule has 1 atom stereocenters. The summed E-state index contributed by atoms with van der Waals surface area (Å²) in [4.78, 5) is 0. The molecule has 1 unspecified atom stereocenters. The molecule has 0 saturated heterocycles. The molecule has 1 saturated carbocycles. The van der Waals surface area contributed by atoms with Crippen molar-refractivity contribution in [2.24, 2.45) is 11.7 Å². The minimum absolute atomic E-state index is 0. The average molecular weight is 152 g/mol. The predicted molar refractivity (Wildman–Crippen MR) is 39.7 cm³/mol. The fourth-order valence-corrected chi connectivity index (χ4v) is 1.02. The van der Waals surface area contributed by atoms with Crippen molar-refractivity contribution in [3.63, 3.8) is 0 Å². The van der Waals surface area contributed by atoms with Gasteiger partial charge in [-0.1, -0.05) is 6.42 Å². The standard InChI is InChI=1S/C6H13NO.ClH/c7-6(4-8)5-2-1-3-5;/h5-6,8H,1-4,7H2;1H. The summed E-state index contributed by atoms with van der Waals surface area (Å²) in [6, 6.07) is 0.0590. The van der Waals surface area contributed by atoms with Crippen molar-refractivity contribution in [2.75, 3.05) is 6.61 Å². The van der Waals surface area contributed by atoms with Crippen LogP contribution in [-0.2, 0) is 0 Å². The van der Waals surface area contributed by atoms with Crippen LogP contribution >= 0.6 is 12.4 Å². The lowest BCUT2D eigenvalue weighted by Gasteiger charge is -2.29. The molecule has 0 amide bonds. The Morgan fingerprint density at radius 1 is 1.56 bits per heavy atom. The van der Waals surface area contributed by atoms with E-state index in [1.165, 1.54) is 19.3 Å². The molecule has 1 aliphatic carbocycles. The highest BCUT2D eigenvalue weighted by molar-refractivity contribution is 5.85. The van der Waals surface area contributed by atoms with Gasteiger partial charge >= 0.3 is 0 Å². The second kappa shape index (κ2) is 4.09. The van der Waals surface area contributed by atoms with Crippen molar-refractivity contribution < 1.29 is 5.11 Å². The maximum atomic E-state index is 8.55. The maximum absolute atomic E-state index is 8.55. The Kier molecular flexibility index (Phi) is 4.19. The average Bonchev–Trinajstić information content (AvgIpc) is 1.62. The maximum Gasteiger partial charge on any atom is 0.0585 e. The SMILES string of the molecule is Cl.NC(CO)C1CCC1. The Labute approximate surface area is 61.8 Å². The van der Waals surface area contributed by atoms with Gasteiger partial charge in [0.25, 0.3) is 0 Å². The zero-order valence-corrected chi connectivity index (χ0v) is 6.23. The molecular formula is C6H14ClNO. The monoisotopic (exact) mass is 151 g/mol. The largest absolute Gasteiger partial charge is 0.395 e. The first-order valence-electron chi connectivity index (χ1n) is 3.21. The molecule has 3 N–H and O–H groups in total. The van der Waals surface area contributed by atoms with Crippen LogP contribution in [0.5, 0.6) is 0 Å². The molecule has 1 fully saturated rings. The first-order valence-corrected chi connectivity index (χ1v) is 3.21. The normalized spacial score (nSPS) is 22.0. The quantitative estimate of drug-likeness (QED) is 0.605. The number of aliphatic hydroxyl groups excluding tert-OH is 1. The van der Waals surface area contributed by atoms with Gasteiger partial charge in [0, 0.05) is 6.04 Å². The third kappa shape index (κ3) is 2.12. The molecule has 3 heteroatoms. The summed E-state index contributed by atoms with van der Waals surface area (Å²) < 4.78 is 0. The lowest BCUT2D eigenvalue weighted by molar-refractivity contribution is 0.175. The van der Waals surface area contributed by atoms with E-state index in [0.717, 1.165) is 0 Å². The van der Waals surface area contributed by atoms with Gasteiger partial charge < -0.3 is 10.8 Å². The lowest BCUT2D eigenvalue weighted by Crippen LogP contribution is -2.37. The van der Waals surface area contributed by atoms with Gasteiger partial charge in [-0.05, 0) is 18.8 Å². The first-order chi connectivity index (χ1) is 3.84. The molecule has 0 bridgehead atoms. The zero-order valence-electron chi connectivity index (χ0n) is 5.42. The summed E-state index contributed by atoms with van der Waals surface area (Å²) >= 11 is 0. The van der Waals surface area contributed by atoms with E-state index in [1.54, 1.807) is 0 Å². The van der Waals surface area contributed by atoms with Crippen molar-refractivity contribution in [3.05, 3.63) is 0 Å². The Morgan fingerprint density at radius 3 is 2.22 bits per heavy atom. The summed E-state index contributed by atoms with van der Waals surface area (Å²) in [7, 11) is 0. The molecule has 1 rings (SSSR count). The van der Waals surface area contributed by atoms with Crippen LogP contribution in [-0.4, -0.2) is 17.8 Å². The lowest BCUT2D eigenvalue weighted by atomic mass is 9.80. The summed E-state index contributed by atoms with van der Waals surface area (Å²) in [6.07, 6.45) is 3.75. The second-order valence-corrected chi connectivity index (χ2v) is 2.54. The number of nitrogens with two attached hydrogens (primary N) is 1. The molecule has 9 heavy (non-hydrogen) atoms. The molecule has 0 aliphatic heterocycles. The fourth-order valence-electron chi connectivity index (χ4n) is 1.02. The zero-order chi connectivity index (χ0) is 5.98. The van der Waals surface area contributed by atoms with Crippen molar-refractivity contribution in [3.8, 4) is 0 Å². The Morgan fingerprint density at radius 2 is 2.11 bits per heavy atom. The van der Waals surface area contributed by atoms with Crippen molar-refractivity contribution in [2.45, 2.75) is 25.3 Å². The van der Waals surface area contributed by atoms with E-state index in [4.69, 9.17) is 10.8 Å². The molecule has 0 aromatic carbocycles. The van der Waals surface area contributed by atoms with E-state index in [0.29, 0.717) is 5.92 Å². The first kappa shape index (κ1) is 9.21. The van der Waals surface area contributed by atoms with Crippen LogP contribution in [0.4, 0.5) is 0 Å². The van der Waals surface area contributed by atoms with Crippen LogP contribution in [0.15, 0.2) is 0 Å². The van der Waals surface area contributed by atoms with Crippen LogP contribution in [0.2, 0.25) is 0 Å². The van der Waals surface area contributed by atoms with Gasteiger partial charge in [0.15, 0.2) is 0 Å². The van der Waals surface area contributed by atoms with Crippen molar-refractivity contribution in [1.29, 1.82) is 0 Å². The van der Waals surface area contributed by atoms with E-state index in [2.05, 4.69) is 0 Å². The van der Waals surface area contributed by atoms with E-state index in [9.17, 15) is 0 Å². The minimum atomic E-state index is 0. The third-order valence-corrected chi connectivity index (χ3v) is 1.97. The molecular weight excluding hydrogens is 138 g/mol. The van der Waals surface area contributed by atoms with Gasteiger partial charge in [-0.25, -0.2) is 0 Å². The van der Waals surface area contributed by atoms with E-state index in [1.807, 2.05) is 0 Å². The molecule has 1 aliphatic rings. The smallest absolute Gasteiger partial charge is 0.0585 e. The summed E-state index contributed by atoms with van der Waals surface area (Å²) in [5.74, 6) is 0.625. The number of hydrogen-bond acceptors (Lipinski definition) is 2. The molecule has 0 spiro atoms. The topological polar surface area (TPSA) is 46.2 Å². The molecule has 0 heterocycles. The number of aliphatic hydroxyl groups is 1. The predicted octanol–water partition coefficient (Wildman–Crippen LogP) is 0.528. The summed E-state index contributed by atoms with van der Waals surface area (Å²) in [6.45, 7) is 0.157. The summed E-state index contributed by atoms with van der Waals surface area (Å²) in [5.41, 5.74) is 5.53. The van der Waals surface area contributed by atoms with E-state index < -0.39 is 0 Å². The fraction of sp³-hybridized carbons (Fsp3) is 1.00. The van der Waals surface area contributed by atoms with Gasteiger partial charge in [0.05, 0.1) is 6.61 Å². The third-order valence-electron chi connectivity index (χ3n) is 1.97. The molecule has 0 aromatic heterocycles. The second-order valence-electron chi connectivity index (χ2n) is 2.54.